The first-order chi connectivity index (χ1) is 29.8. The molecule has 0 unspecified atom stereocenters. The quantitative estimate of drug-likeness (QED) is 0.154. The van der Waals surface area contributed by atoms with Crippen molar-refractivity contribution in [1.29, 1.82) is 0 Å². The Morgan fingerprint density at radius 3 is 1.23 bits per heavy atom. The van der Waals surface area contributed by atoms with Crippen molar-refractivity contribution in [3.63, 3.8) is 0 Å². The van der Waals surface area contributed by atoms with Gasteiger partial charge in [-0.3, -0.25) is 4.40 Å². The van der Waals surface area contributed by atoms with Crippen molar-refractivity contribution in [2.24, 2.45) is 0 Å². The highest BCUT2D eigenvalue weighted by atomic mass is 15.0. The third-order valence-corrected chi connectivity index (χ3v) is 11.3. The summed E-state index contributed by atoms with van der Waals surface area (Å²) in [5.74, 6) is 1.88. The van der Waals surface area contributed by atoms with Crippen LogP contribution in [0.25, 0.3) is 95.7 Å². The van der Waals surface area contributed by atoms with E-state index in [1.54, 1.807) is 0 Å². The van der Waals surface area contributed by atoms with Crippen molar-refractivity contribution >= 4 is 5.65 Å². The van der Waals surface area contributed by atoms with Crippen LogP contribution in [0.4, 0.5) is 0 Å². The van der Waals surface area contributed by atoms with Crippen LogP contribution in [0.2, 0.25) is 0 Å². The fraction of sp³-hybridized carbons (Fsp3) is 0.0714. The predicted molar refractivity (Wildman–Crippen MR) is 251 cm³/mol. The Bertz CT molecular complexity index is 3010. The van der Waals surface area contributed by atoms with Gasteiger partial charge in [-0.1, -0.05) is 197 Å². The molecule has 0 radical (unpaired) electrons. The van der Waals surface area contributed by atoms with Gasteiger partial charge < -0.3 is 0 Å². The van der Waals surface area contributed by atoms with Gasteiger partial charge in [-0.15, -0.1) is 0 Å². The van der Waals surface area contributed by atoms with E-state index in [-0.39, 0.29) is 5.41 Å². The van der Waals surface area contributed by atoms with Crippen molar-refractivity contribution in [3.8, 4) is 90.1 Å². The normalized spacial score (nSPS) is 11.5. The molecule has 3 aromatic heterocycles. The molecule has 5 nitrogen and oxygen atoms in total. The van der Waals surface area contributed by atoms with E-state index in [1.165, 1.54) is 16.7 Å². The second-order valence-corrected chi connectivity index (χ2v) is 16.4. The SMILES string of the molecule is CC(C)(C)c1cc(-c2ccc(-c3nc4ccccn4c3-c3ccccc3)cc2)cc(-c2nc(-c3ccc(-c4ccccc4)cc3)nc(-c3ccc(-c4ccccc4)cc3)n2)c1. The Kier molecular flexibility index (Phi) is 9.70. The van der Waals surface area contributed by atoms with Gasteiger partial charge in [-0.05, 0) is 68.6 Å². The first kappa shape index (κ1) is 37.5. The van der Waals surface area contributed by atoms with Crippen LogP contribution in [0.15, 0.2) is 206 Å². The molecule has 10 aromatic rings. The van der Waals surface area contributed by atoms with Crippen molar-refractivity contribution < 1.29 is 0 Å². The van der Waals surface area contributed by atoms with Crippen LogP contribution in [-0.2, 0) is 5.41 Å². The minimum atomic E-state index is -0.134. The molecule has 0 aliphatic rings. The number of imidazole rings is 1. The number of pyridine rings is 1. The molecule has 0 aliphatic heterocycles. The lowest BCUT2D eigenvalue weighted by molar-refractivity contribution is 0.590. The minimum Gasteiger partial charge on any atom is -0.299 e. The van der Waals surface area contributed by atoms with Gasteiger partial charge in [0, 0.05) is 34.0 Å². The summed E-state index contributed by atoms with van der Waals surface area (Å²) in [6.07, 6.45) is 2.08. The predicted octanol–water partition coefficient (Wildman–Crippen LogP) is 14.2. The number of aromatic nitrogens is 5. The van der Waals surface area contributed by atoms with Gasteiger partial charge in [0.2, 0.25) is 0 Å². The van der Waals surface area contributed by atoms with Gasteiger partial charge in [0.1, 0.15) is 5.65 Å². The molecule has 5 heteroatoms. The van der Waals surface area contributed by atoms with E-state index < -0.39 is 0 Å². The zero-order valence-electron chi connectivity index (χ0n) is 34.4. The van der Waals surface area contributed by atoms with E-state index in [9.17, 15) is 0 Å². The molecule has 7 aromatic carbocycles. The highest BCUT2D eigenvalue weighted by Crippen LogP contribution is 2.37. The highest BCUT2D eigenvalue weighted by molar-refractivity contribution is 5.84. The maximum Gasteiger partial charge on any atom is 0.164 e. The molecule has 10 rings (SSSR count). The lowest BCUT2D eigenvalue weighted by Gasteiger charge is -2.21. The second-order valence-electron chi connectivity index (χ2n) is 16.4. The van der Waals surface area contributed by atoms with Crippen molar-refractivity contribution in [1.82, 2.24) is 24.3 Å². The van der Waals surface area contributed by atoms with Crippen LogP contribution < -0.4 is 0 Å². The minimum absolute atomic E-state index is 0.134. The first-order valence-electron chi connectivity index (χ1n) is 20.7. The van der Waals surface area contributed by atoms with Crippen molar-refractivity contribution in [2.75, 3.05) is 0 Å². The fourth-order valence-corrected chi connectivity index (χ4v) is 7.89. The van der Waals surface area contributed by atoms with Gasteiger partial charge in [-0.25, -0.2) is 19.9 Å². The lowest BCUT2D eigenvalue weighted by Crippen LogP contribution is -2.11. The van der Waals surface area contributed by atoms with Crippen molar-refractivity contribution in [2.45, 2.75) is 26.2 Å². The Hall–Kier alpha value is -7.76. The van der Waals surface area contributed by atoms with E-state index in [2.05, 4.69) is 207 Å². The number of hydrogen-bond acceptors (Lipinski definition) is 4. The monoisotopic (exact) mass is 785 g/mol. The Morgan fingerprint density at radius 2 is 0.721 bits per heavy atom. The summed E-state index contributed by atoms with van der Waals surface area (Å²) in [4.78, 5) is 20.6. The summed E-state index contributed by atoms with van der Waals surface area (Å²) in [6, 6.07) is 70.0. The van der Waals surface area contributed by atoms with Crippen LogP contribution in [0.5, 0.6) is 0 Å². The molecule has 3 heterocycles. The molecular weight excluding hydrogens is 743 g/mol. The standard InChI is InChI=1S/C56H43N5/c1-56(2,3)49-36-47(42-22-28-43(29-23-42)51-52(44-19-11-6-12-20-44)61-34-14-13-21-50(61)57-51)35-48(37-49)55-59-53(45-30-24-40(25-31-45)38-15-7-4-8-16-38)58-54(60-55)46-32-26-41(27-33-46)39-17-9-5-10-18-39/h4-37H,1-3H3. The molecule has 0 fully saturated rings. The smallest absolute Gasteiger partial charge is 0.164 e. The summed E-state index contributed by atoms with van der Waals surface area (Å²) in [5, 5.41) is 0. The lowest BCUT2D eigenvalue weighted by atomic mass is 9.84. The summed E-state index contributed by atoms with van der Waals surface area (Å²) in [5.41, 5.74) is 15.8. The number of rotatable bonds is 8. The zero-order valence-corrected chi connectivity index (χ0v) is 34.4. The number of fused-ring (bicyclic) bond motifs is 1. The second kappa shape index (κ2) is 15.8. The summed E-state index contributed by atoms with van der Waals surface area (Å²) >= 11 is 0. The Balaban J connectivity index is 1.07. The first-order valence-corrected chi connectivity index (χ1v) is 20.7. The third-order valence-electron chi connectivity index (χ3n) is 11.3. The molecule has 0 saturated carbocycles. The Morgan fingerprint density at radius 1 is 0.328 bits per heavy atom. The third kappa shape index (κ3) is 7.66. The zero-order chi connectivity index (χ0) is 41.3. The van der Waals surface area contributed by atoms with E-state index in [4.69, 9.17) is 19.9 Å². The largest absolute Gasteiger partial charge is 0.299 e. The molecule has 0 spiro atoms. The average molecular weight is 786 g/mol. The van der Waals surface area contributed by atoms with Gasteiger partial charge in [0.25, 0.3) is 0 Å². The van der Waals surface area contributed by atoms with Crippen LogP contribution in [0.3, 0.4) is 0 Å². The highest BCUT2D eigenvalue weighted by Gasteiger charge is 2.21. The Labute approximate surface area is 356 Å². The van der Waals surface area contributed by atoms with E-state index in [0.29, 0.717) is 17.5 Å². The number of hydrogen-bond donors (Lipinski definition) is 0. The molecular formula is C56H43N5. The maximum atomic E-state index is 5.21. The summed E-state index contributed by atoms with van der Waals surface area (Å²) in [7, 11) is 0. The molecule has 0 N–H and O–H groups in total. The molecule has 0 aliphatic carbocycles. The summed E-state index contributed by atoms with van der Waals surface area (Å²) in [6.45, 7) is 6.75. The number of nitrogens with zero attached hydrogens (tertiary/aromatic N) is 5. The average Bonchev–Trinajstić information content (AvgIpc) is 3.72. The van der Waals surface area contributed by atoms with Crippen molar-refractivity contribution in [3.05, 3.63) is 212 Å². The molecule has 0 atom stereocenters. The van der Waals surface area contributed by atoms with E-state index in [1.807, 2.05) is 24.3 Å². The van der Waals surface area contributed by atoms with Gasteiger partial charge in [0.15, 0.2) is 17.5 Å². The van der Waals surface area contributed by atoms with Gasteiger partial charge >= 0.3 is 0 Å². The topological polar surface area (TPSA) is 56.0 Å². The van der Waals surface area contributed by atoms with Crippen LogP contribution >= 0.6 is 0 Å². The van der Waals surface area contributed by atoms with E-state index in [0.717, 1.165) is 67.1 Å². The number of benzene rings is 7. The molecule has 0 amide bonds. The van der Waals surface area contributed by atoms with Crippen LogP contribution in [0.1, 0.15) is 26.3 Å². The summed E-state index contributed by atoms with van der Waals surface area (Å²) < 4.78 is 2.17. The van der Waals surface area contributed by atoms with Gasteiger partial charge in [0.05, 0.1) is 11.4 Å². The fourth-order valence-electron chi connectivity index (χ4n) is 7.89. The molecule has 0 bridgehead atoms. The van der Waals surface area contributed by atoms with Crippen LogP contribution in [-0.4, -0.2) is 24.3 Å². The van der Waals surface area contributed by atoms with Crippen LogP contribution in [0, 0.1) is 0 Å². The maximum absolute atomic E-state index is 5.21. The van der Waals surface area contributed by atoms with E-state index >= 15 is 0 Å². The molecule has 292 valence electrons. The molecule has 61 heavy (non-hydrogen) atoms. The van der Waals surface area contributed by atoms with Gasteiger partial charge in [-0.2, -0.15) is 0 Å². The molecule has 0 saturated heterocycles.